The standard InChI is InChI=1S/C19H23NO3S/c1-14-6-7-16(15(2)13-14)5-4-12-20-19(21)17-8-10-18(11-9-17)24(3,22)23/h6-11,13H,4-5,12H2,1-3H3,(H,20,21). The molecule has 1 amide bonds. The third-order valence-corrected chi connectivity index (χ3v) is 5.08. The molecule has 0 aromatic heterocycles. The molecule has 24 heavy (non-hydrogen) atoms. The van der Waals surface area contributed by atoms with Gasteiger partial charge in [0.1, 0.15) is 0 Å². The highest BCUT2D eigenvalue weighted by molar-refractivity contribution is 7.90. The van der Waals surface area contributed by atoms with Crippen LogP contribution in [0.1, 0.15) is 33.5 Å². The van der Waals surface area contributed by atoms with Crippen molar-refractivity contribution in [3.63, 3.8) is 0 Å². The van der Waals surface area contributed by atoms with Crippen LogP contribution >= 0.6 is 0 Å². The summed E-state index contributed by atoms with van der Waals surface area (Å²) in [6, 6.07) is 12.4. The van der Waals surface area contributed by atoms with Gasteiger partial charge in [-0.05, 0) is 62.1 Å². The first kappa shape index (κ1) is 18.2. The summed E-state index contributed by atoms with van der Waals surface area (Å²) in [4.78, 5) is 12.3. The number of sulfone groups is 1. The van der Waals surface area contributed by atoms with Crippen LogP contribution in [0.25, 0.3) is 0 Å². The minimum absolute atomic E-state index is 0.185. The van der Waals surface area contributed by atoms with Gasteiger partial charge in [-0.15, -0.1) is 0 Å². The average Bonchev–Trinajstić information content (AvgIpc) is 2.52. The number of hydrogen-bond acceptors (Lipinski definition) is 3. The Morgan fingerprint density at radius 1 is 1.04 bits per heavy atom. The third-order valence-electron chi connectivity index (χ3n) is 3.95. The van der Waals surface area contributed by atoms with E-state index in [0.29, 0.717) is 12.1 Å². The van der Waals surface area contributed by atoms with Gasteiger partial charge in [-0.25, -0.2) is 8.42 Å². The van der Waals surface area contributed by atoms with Gasteiger partial charge in [-0.2, -0.15) is 0 Å². The van der Waals surface area contributed by atoms with Crippen LogP contribution in [0, 0.1) is 13.8 Å². The van der Waals surface area contributed by atoms with Crippen molar-refractivity contribution in [2.75, 3.05) is 12.8 Å². The Morgan fingerprint density at radius 2 is 1.71 bits per heavy atom. The predicted octanol–water partition coefficient (Wildman–Crippen LogP) is 3.07. The average molecular weight is 345 g/mol. The normalized spacial score (nSPS) is 11.3. The molecule has 2 aromatic carbocycles. The van der Waals surface area contributed by atoms with Crippen LogP contribution < -0.4 is 5.32 Å². The highest BCUT2D eigenvalue weighted by Gasteiger charge is 2.09. The highest BCUT2D eigenvalue weighted by atomic mass is 32.2. The Bertz CT molecular complexity index is 824. The molecule has 0 heterocycles. The molecule has 0 aliphatic rings. The summed E-state index contributed by atoms with van der Waals surface area (Å²) in [5, 5.41) is 2.87. The van der Waals surface area contributed by atoms with Crippen molar-refractivity contribution in [2.24, 2.45) is 0 Å². The van der Waals surface area contributed by atoms with Crippen LogP contribution in [0.15, 0.2) is 47.4 Å². The van der Waals surface area contributed by atoms with Crippen LogP contribution in [-0.4, -0.2) is 27.1 Å². The largest absolute Gasteiger partial charge is 0.352 e. The van der Waals surface area contributed by atoms with Gasteiger partial charge in [-0.3, -0.25) is 4.79 Å². The van der Waals surface area contributed by atoms with E-state index in [1.54, 1.807) is 0 Å². The van der Waals surface area contributed by atoms with E-state index >= 15 is 0 Å². The first-order valence-electron chi connectivity index (χ1n) is 7.92. The minimum atomic E-state index is -3.24. The van der Waals surface area contributed by atoms with Gasteiger partial charge in [0.15, 0.2) is 9.84 Å². The Balaban J connectivity index is 1.85. The van der Waals surface area contributed by atoms with Gasteiger partial charge in [-0.1, -0.05) is 23.8 Å². The van der Waals surface area contributed by atoms with Gasteiger partial charge in [0.05, 0.1) is 4.90 Å². The first-order chi connectivity index (χ1) is 11.3. The lowest BCUT2D eigenvalue weighted by molar-refractivity contribution is 0.0953. The van der Waals surface area contributed by atoms with Crippen molar-refractivity contribution in [1.29, 1.82) is 0 Å². The third kappa shape index (κ3) is 4.93. The van der Waals surface area contributed by atoms with Gasteiger partial charge >= 0.3 is 0 Å². The van der Waals surface area contributed by atoms with Crippen molar-refractivity contribution in [1.82, 2.24) is 5.32 Å². The summed E-state index contributed by atoms with van der Waals surface area (Å²) in [7, 11) is -3.24. The summed E-state index contributed by atoms with van der Waals surface area (Å²) < 4.78 is 22.8. The fourth-order valence-corrected chi connectivity index (χ4v) is 3.19. The second-order valence-corrected chi connectivity index (χ2v) is 8.10. The van der Waals surface area contributed by atoms with E-state index in [1.165, 1.54) is 41.0 Å². The van der Waals surface area contributed by atoms with E-state index in [4.69, 9.17) is 0 Å². The lowest BCUT2D eigenvalue weighted by Gasteiger charge is -2.08. The molecule has 128 valence electrons. The molecule has 0 atom stereocenters. The Morgan fingerprint density at radius 3 is 2.29 bits per heavy atom. The summed E-state index contributed by atoms with van der Waals surface area (Å²) >= 11 is 0. The lowest BCUT2D eigenvalue weighted by Crippen LogP contribution is -2.24. The number of rotatable bonds is 6. The predicted molar refractivity (Wildman–Crippen MR) is 96.1 cm³/mol. The maximum Gasteiger partial charge on any atom is 0.251 e. The molecule has 5 heteroatoms. The second kappa shape index (κ2) is 7.62. The van der Waals surface area contributed by atoms with E-state index in [0.717, 1.165) is 19.1 Å². The molecule has 0 saturated carbocycles. The zero-order chi connectivity index (χ0) is 17.7. The zero-order valence-corrected chi connectivity index (χ0v) is 15.1. The van der Waals surface area contributed by atoms with Crippen molar-refractivity contribution >= 4 is 15.7 Å². The molecule has 0 aliphatic carbocycles. The van der Waals surface area contributed by atoms with E-state index in [2.05, 4.69) is 37.4 Å². The summed E-state index contributed by atoms with van der Waals surface area (Å²) in [6.45, 7) is 4.76. The molecule has 0 radical (unpaired) electrons. The quantitative estimate of drug-likeness (QED) is 0.819. The van der Waals surface area contributed by atoms with E-state index < -0.39 is 9.84 Å². The highest BCUT2D eigenvalue weighted by Crippen LogP contribution is 2.13. The van der Waals surface area contributed by atoms with Crippen molar-refractivity contribution in [2.45, 2.75) is 31.6 Å². The molecule has 0 unspecified atom stereocenters. The van der Waals surface area contributed by atoms with Crippen LogP contribution in [0.2, 0.25) is 0 Å². The summed E-state index contributed by atoms with van der Waals surface area (Å²) in [6.07, 6.45) is 2.92. The maximum absolute atomic E-state index is 12.1. The lowest BCUT2D eigenvalue weighted by atomic mass is 10.0. The topological polar surface area (TPSA) is 63.2 Å². The Kier molecular flexibility index (Phi) is 5.78. The molecule has 2 rings (SSSR count). The minimum Gasteiger partial charge on any atom is -0.352 e. The molecule has 0 bridgehead atoms. The van der Waals surface area contributed by atoms with Crippen LogP contribution in [0.5, 0.6) is 0 Å². The summed E-state index contributed by atoms with van der Waals surface area (Å²) in [5.74, 6) is -0.185. The Labute approximate surface area is 143 Å². The first-order valence-corrected chi connectivity index (χ1v) is 9.81. The van der Waals surface area contributed by atoms with Crippen molar-refractivity contribution in [3.8, 4) is 0 Å². The molecule has 0 spiro atoms. The molecular formula is C19H23NO3S. The fourth-order valence-electron chi connectivity index (χ4n) is 2.56. The smallest absolute Gasteiger partial charge is 0.251 e. The molecule has 4 nitrogen and oxygen atoms in total. The number of nitrogens with one attached hydrogen (secondary N) is 1. The number of carbonyl (C=O) groups excluding carboxylic acids is 1. The fraction of sp³-hybridized carbons (Fsp3) is 0.316. The van der Waals surface area contributed by atoms with E-state index in [-0.39, 0.29) is 10.8 Å². The van der Waals surface area contributed by atoms with Gasteiger partial charge in [0, 0.05) is 18.4 Å². The number of hydrogen-bond donors (Lipinski definition) is 1. The molecule has 0 aliphatic heterocycles. The van der Waals surface area contributed by atoms with Gasteiger partial charge in [0.2, 0.25) is 0 Å². The van der Waals surface area contributed by atoms with Gasteiger partial charge < -0.3 is 5.32 Å². The van der Waals surface area contributed by atoms with Crippen LogP contribution in [0.3, 0.4) is 0 Å². The Hall–Kier alpha value is -2.14. The molecular weight excluding hydrogens is 322 g/mol. The monoisotopic (exact) mass is 345 g/mol. The molecule has 0 fully saturated rings. The van der Waals surface area contributed by atoms with Crippen LogP contribution in [-0.2, 0) is 16.3 Å². The zero-order valence-electron chi connectivity index (χ0n) is 14.3. The number of carbonyl (C=O) groups is 1. The maximum atomic E-state index is 12.1. The number of amides is 1. The number of benzene rings is 2. The van der Waals surface area contributed by atoms with Crippen molar-refractivity contribution < 1.29 is 13.2 Å². The van der Waals surface area contributed by atoms with Crippen LogP contribution in [0.4, 0.5) is 0 Å². The van der Waals surface area contributed by atoms with E-state index in [9.17, 15) is 13.2 Å². The van der Waals surface area contributed by atoms with Gasteiger partial charge in [0.25, 0.3) is 5.91 Å². The molecule has 0 saturated heterocycles. The molecule has 2 aromatic rings. The molecule has 1 N–H and O–H groups in total. The SMILES string of the molecule is Cc1ccc(CCCNC(=O)c2ccc(S(C)(=O)=O)cc2)c(C)c1. The summed E-state index contributed by atoms with van der Waals surface area (Å²) in [5.41, 5.74) is 4.29. The van der Waals surface area contributed by atoms with Crippen molar-refractivity contribution in [3.05, 3.63) is 64.7 Å². The second-order valence-electron chi connectivity index (χ2n) is 6.09. The van der Waals surface area contributed by atoms with E-state index in [1.807, 2.05) is 0 Å². The number of aryl methyl sites for hydroxylation is 3.